The van der Waals surface area contributed by atoms with Crippen LogP contribution in [0.2, 0.25) is 0 Å². The van der Waals surface area contributed by atoms with Crippen molar-refractivity contribution >= 4 is 5.91 Å². The second-order valence-corrected chi connectivity index (χ2v) is 6.84. The molecule has 6 heteroatoms. The highest BCUT2D eigenvalue weighted by Gasteiger charge is 2.27. The lowest BCUT2D eigenvalue weighted by Gasteiger charge is -2.32. The Morgan fingerprint density at radius 1 is 1.31 bits per heavy atom. The number of H-pyrrole nitrogens is 2. The standard InChI is InChI=1S/C20H21FN4O/c1-13-10-15(21)6-7-16(13)20(26)25-9-3-4-14(12-25)18-11-19(24-23-18)17-5-2-8-22-17/h2,5-8,10-11,14,22H,3-4,9,12H2,1H3,(H,23,24). The first-order chi connectivity index (χ1) is 12.6. The number of carbonyl (C=O) groups is 1. The van der Waals surface area contributed by atoms with Gasteiger partial charge in [0.15, 0.2) is 0 Å². The maximum Gasteiger partial charge on any atom is 0.254 e. The lowest BCUT2D eigenvalue weighted by atomic mass is 9.93. The number of nitrogens with one attached hydrogen (secondary N) is 2. The molecule has 1 fully saturated rings. The van der Waals surface area contributed by atoms with Gasteiger partial charge >= 0.3 is 0 Å². The average Bonchev–Trinajstić information content (AvgIpc) is 3.33. The highest BCUT2D eigenvalue weighted by Crippen LogP contribution is 2.29. The molecule has 1 unspecified atom stereocenters. The van der Waals surface area contributed by atoms with Gasteiger partial charge in [-0.3, -0.25) is 9.89 Å². The summed E-state index contributed by atoms with van der Waals surface area (Å²) < 4.78 is 13.3. The first-order valence-corrected chi connectivity index (χ1v) is 8.86. The van der Waals surface area contributed by atoms with Crippen LogP contribution >= 0.6 is 0 Å². The lowest BCUT2D eigenvalue weighted by Crippen LogP contribution is -2.39. The van der Waals surface area contributed by atoms with Crippen molar-refractivity contribution in [2.24, 2.45) is 0 Å². The summed E-state index contributed by atoms with van der Waals surface area (Å²) in [6.45, 7) is 3.14. The Balaban J connectivity index is 1.51. The minimum atomic E-state index is -0.315. The van der Waals surface area contributed by atoms with Gasteiger partial charge in [-0.15, -0.1) is 0 Å². The van der Waals surface area contributed by atoms with E-state index in [0.29, 0.717) is 17.7 Å². The van der Waals surface area contributed by atoms with Gasteiger partial charge in [-0.1, -0.05) is 0 Å². The molecule has 1 aliphatic rings. The van der Waals surface area contributed by atoms with E-state index in [2.05, 4.69) is 15.2 Å². The molecule has 0 aliphatic carbocycles. The Morgan fingerprint density at radius 3 is 2.96 bits per heavy atom. The minimum Gasteiger partial charge on any atom is -0.360 e. The molecule has 0 spiro atoms. The largest absolute Gasteiger partial charge is 0.360 e. The van der Waals surface area contributed by atoms with Crippen molar-refractivity contribution in [1.29, 1.82) is 0 Å². The van der Waals surface area contributed by atoms with Gasteiger partial charge in [-0.25, -0.2) is 4.39 Å². The van der Waals surface area contributed by atoms with E-state index >= 15 is 0 Å². The molecule has 3 heterocycles. The lowest BCUT2D eigenvalue weighted by molar-refractivity contribution is 0.0705. The number of aromatic amines is 2. The van der Waals surface area contributed by atoms with Gasteiger partial charge in [-0.2, -0.15) is 5.10 Å². The van der Waals surface area contributed by atoms with Gasteiger partial charge in [0.05, 0.1) is 5.69 Å². The van der Waals surface area contributed by atoms with Crippen LogP contribution in [0, 0.1) is 12.7 Å². The molecule has 0 saturated carbocycles. The van der Waals surface area contributed by atoms with E-state index in [1.54, 1.807) is 13.0 Å². The summed E-state index contributed by atoms with van der Waals surface area (Å²) in [5.74, 6) is -0.120. The Labute approximate surface area is 151 Å². The average molecular weight is 352 g/mol. The van der Waals surface area contributed by atoms with Crippen LogP contribution in [0.1, 0.15) is 40.4 Å². The van der Waals surface area contributed by atoms with Crippen LogP contribution < -0.4 is 0 Å². The number of piperidine rings is 1. The zero-order valence-corrected chi connectivity index (χ0v) is 14.6. The zero-order valence-electron chi connectivity index (χ0n) is 14.6. The predicted octanol–water partition coefficient (Wildman–Crippen LogP) is 3.87. The van der Waals surface area contributed by atoms with E-state index < -0.39 is 0 Å². The predicted molar refractivity (Wildman–Crippen MR) is 97.4 cm³/mol. The van der Waals surface area contributed by atoms with Crippen LogP contribution in [-0.4, -0.2) is 39.1 Å². The topological polar surface area (TPSA) is 64.8 Å². The Kier molecular flexibility index (Phi) is 4.32. The second-order valence-electron chi connectivity index (χ2n) is 6.84. The van der Waals surface area contributed by atoms with E-state index in [9.17, 15) is 9.18 Å². The van der Waals surface area contributed by atoms with Crippen LogP contribution in [0.3, 0.4) is 0 Å². The molecule has 2 aromatic heterocycles. The molecule has 1 atom stereocenters. The molecule has 4 rings (SSSR count). The molecule has 2 N–H and O–H groups in total. The van der Waals surface area contributed by atoms with Gasteiger partial charge in [0.1, 0.15) is 11.5 Å². The molecule has 5 nitrogen and oxygen atoms in total. The number of hydrogen-bond acceptors (Lipinski definition) is 2. The molecule has 26 heavy (non-hydrogen) atoms. The summed E-state index contributed by atoms with van der Waals surface area (Å²) in [6, 6.07) is 10.3. The summed E-state index contributed by atoms with van der Waals surface area (Å²) >= 11 is 0. The van der Waals surface area contributed by atoms with Crippen LogP contribution in [0.5, 0.6) is 0 Å². The van der Waals surface area contributed by atoms with E-state index in [1.165, 1.54) is 12.1 Å². The van der Waals surface area contributed by atoms with Crippen molar-refractivity contribution in [3.8, 4) is 11.4 Å². The third-order valence-corrected chi connectivity index (χ3v) is 5.04. The molecule has 134 valence electrons. The fourth-order valence-electron chi connectivity index (χ4n) is 3.63. The highest BCUT2D eigenvalue weighted by atomic mass is 19.1. The van der Waals surface area contributed by atoms with Gasteiger partial charge < -0.3 is 9.88 Å². The first-order valence-electron chi connectivity index (χ1n) is 8.86. The van der Waals surface area contributed by atoms with Crippen LogP contribution in [-0.2, 0) is 0 Å². The smallest absolute Gasteiger partial charge is 0.254 e. The Bertz CT molecular complexity index is 916. The number of benzene rings is 1. The molecule has 1 aromatic carbocycles. The number of likely N-dealkylation sites (tertiary alicyclic amines) is 1. The highest BCUT2D eigenvalue weighted by molar-refractivity contribution is 5.95. The zero-order chi connectivity index (χ0) is 18.1. The van der Waals surface area contributed by atoms with Crippen LogP contribution in [0.4, 0.5) is 4.39 Å². The van der Waals surface area contributed by atoms with Crippen molar-refractivity contribution in [3.63, 3.8) is 0 Å². The maximum absolute atomic E-state index is 13.3. The fourth-order valence-corrected chi connectivity index (χ4v) is 3.63. The number of aryl methyl sites for hydroxylation is 1. The van der Waals surface area contributed by atoms with Crippen molar-refractivity contribution in [2.75, 3.05) is 13.1 Å². The van der Waals surface area contributed by atoms with Gasteiger partial charge in [0, 0.05) is 36.5 Å². The SMILES string of the molecule is Cc1cc(F)ccc1C(=O)N1CCCC(c2cc(-c3ccc[nH]3)n[nH]2)C1. The summed E-state index contributed by atoms with van der Waals surface area (Å²) in [6.07, 6.45) is 3.82. The molecule has 0 radical (unpaired) electrons. The van der Waals surface area contributed by atoms with E-state index in [1.807, 2.05) is 29.3 Å². The van der Waals surface area contributed by atoms with Crippen molar-refractivity contribution in [1.82, 2.24) is 20.1 Å². The summed E-state index contributed by atoms with van der Waals surface area (Å²) in [7, 11) is 0. The number of carbonyl (C=O) groups excluding carboxylic acids is 1. The van der Waals surface area contributed by atoms with Crippen molar-refractivity contribution in [2.45, 2.75) is 25.7 Å². The summed E-state index contributed by atoms with van der Waals surface area (Å²) in [5.41, 5.74) is 4.14. The third kappa shape index (κ3) is 3.14. The molecule has 1 aliphatic heterocycles. The van der Waals surface area contributed by atoms with Crippen LogP contribution in [0.25, 0.3) is 11.4 Å². The van der Waals surface area contributed by atoms with Crippen LogP contribution in [0.15, 0.2) is 42.6 Å². The van der Waals surface area contributed by atoms with E-state index in [-0.39, 0.29) is 17.6 Å². The molecular weight excluding hydrogens is 331 g/mol. The van der Waals surface area contributed by atoms with Gasteiger partial charge in [-0.05, 0) is 61.7 Å². The van der Waals surface area contributed by atoms with E-state index in [0.717, 1.165) is 36.5 Å². The van der Waals surface area contributed by atoms with E-state index in [4.69, 9.17) is 0 Å². The molecule has 1 saturated heterocycles. The maximum atomic E-state index is 13.3. The molecule has 0 bridgehead atoms. The van der Waals surface area contributed by atoms with Crippen molar-refractivity contribution in [3.05, 3.63) is 65.2 Å². The van der Waals surface area contributed by atoms with Gasteiger partial charge in [0.2, 0.25) is 0 Å². The molecule has 1 amide bonds. The summed E-state index contributed by atoms with van der Waals surface area (Å²) in [4.78, 5) is 17.9. The first kappa shape index (κ1) is 16.6. The monoisotopic (exact) mass is 352 g/mol. The molecule has 3 aromatic rings. The number of hydrogen-bond donors (Lipinski definition) is 2. The Morgan fingerprint density at radius 2 is 2.19 bits per heavy atom. The number of nitrogens with zero attached hydrogens (tertiary/aromatic N) is 2. The third-order valence-electron chi connectivity index (χ3n) is 5.04. The van der Waals surface area contributed by atoms with Gasteiger partial charge in [0.25, 0.3) is 5.91 Å². The normalized spacial score (nSPS) is 17.5. The number of amides is 1. The number of rotatable bonds is 3. The molecular formula is C20H21FN4O. The summed E-state index contributed by atoms with van der Waals surface area (Å²) in [5, 5.41) is 7.51. The minimum absolute atomic E-state index is 0.0312. The number of aromatic nitrogens is 3. The second kappa shape index (κ2) is 6.78. The quantitative estimate of drug-likeness (QED) is 0.751. The Hall–Kier alpha value is -2.89. The fraction of sp³-hybridized carbons (Fsp3) is 0.300. The number of halogens is 1. The van der Waals surface area contributed by atoms with Crippen molar-refractivity contribution < 1.29 is 9.18 Å².